The molecule has 0 atom stereocenters. The second-order valence-corrected chi connectivity index (χ2v) is 5.18. The summed E-state index contributed by atoms with van der Waals surface area (Å²) in [6, 6.07) is 8.08. The van der Waals surface area contributed by atoms with Gasteiger partial charge in [-0.25, -0.2) is 9.97 Å². The number of methoxy groups -OCH3 is 1. The molecular weight excluding hydrogens is 258 g/mol. The molecule has 4 nitrogen and oxygen atoms in total. The molecule has 0 aromatic carbocycles. The van der Waals surface area contributed by atoms with Gasteiger partial charge in [-0.15, -0.1) is 11.3 Å². The Bertz CT molecular complexity index is 660. The fourth-order valence-electron chi connectivity index (χ4n) is 2.13. The Hall–Kier alpha value is -1.72. The van der Waals surface area contributed by atoms with Gasteiger partial charge in [-0.05, 0) is 36.1 Å². The molecule has 3 aromatic heterocycles. The first-order valence-corrected chi connectivity index (χ1v) is 7.13. The van der Waals surface area contributed by atoms with E-state index in [1.54, 1.807) is 18.4 Å². The van der Waals surface area contributed by atoms with Gasteiger partial charge in [0.15, 0.2) is 5.65 Å². The number of thiophene rings is 1. The Morgan fingerprint density at radius 2 is 2.26 bits per heavy atom. The van der Waals surface area contributed by atoms with E-state index in [0.29, 0.717) is 0 Å². The van der Waals surface area contributed by atoms with Gasteiger partial charge in [-0.3, -0.25) is 4.57 Å². The van der Waals surface area contributed by atoms with Gasteiger partial charge in [-0.1, -0.05) is 0 Å². The zero-order valence-electron chi connectivity index (χ0n) is 10.7. The number of ether oxygens (including phenoxy) is 1. The van der Waals surface area contributed by atoms with Crippen LogP contribution in [0.25, 0.3) is 16.2 Å². The number of nitrogens with zero attached hydrogens (tertiary/aromatic N) is 3. The van der Waals surface area contributed by atoms with Crippen LogP contribution in [0.2, 0.25) is 0 Å². The van der Waals surface area contributed by atoms with Gasteiger partial charge < -0.3 is 4.74 Å². The fourth-order valence-corrected chi connectivity index (χ4v) is 2.88. The second kappa shape index (κ2) is 5.50. The van der Waals surface area contributed by atoms with Crippen molar-refractivity contribution in [2.24, 2.45) is 0 Å². The first kappa shape index (κ1) is 12.3. The molecule has 3 aromatic rings. The molecule has 19 heavy (non-hydrogen) atoms. The van der Waals surface area contributed by atoms with Crippen molar-refractivity contribution < 1.29 is 4.74 Å². The quantitative estimate of drug-likeness (QED) is 0.671. The lowest BCUT2D eigenvalue weighted by atomic mass is 10.3. The summed E-state index contributed by atoms with van der Waals surface area (Å²) in [5.41, 5.74) is 1.88. The maximum absolute atomic E-state index is 5.12. The van der Waals surface area contributed by atoms with Crippen molar-refractivity contribution in [1.82, 2.24) is 14.5 Å². The van der Waals surface area contributed by atoms with E-state index in [0.717, 1.165) is 41.4 Å². The van der Waals surface area contributed by atoms with Crippen molar-refractivity contribution in [2.45, 2.75) is 12.8 Å². The molecule has 98 valence electrons. The largest absolute Gasteiger partial charge is 0.385 e. The number of aryl methyl sites for hydroxylation is 1. The Balaban J connectivity index is 2.07. The van der Waals surface area contributed by atoms with Gasteiger partial charge in [0, 0.05) is 26.3 Å². The van der Waals surface area contributed by atoms with Crippen LogP contribution >= 0.6 is 11.3 Å². The zero-order chi connectivity index (χ0) is 13.1. The van der Waals surface area contributed by atoms with Crippen molar-refractivity contribution in [3.63, 3.8) is 0 Å². The van der Waals surface area contributed by atoms with Crippen molar-refractivity contribution in [2.75, 3.05) is 13.7 Å². The van der Waals surface area contributed by atoms with Crippen LogP contribution in [0.4, 0.5) is 0 Å². The Labute approximate surface area is 115 Å². The van der Waals surface area contributed by atoms with E-state index in [4.69, 9.17) is 9.72 Å². The molecule has 0 unspecified atom stereocenters. The summed E-state index contributed by atoms with van der Waals surface area (Å²) < 4.78 is 7.27. The summed E-state index contributed by atoms with van der Waals surface area (Å²) in [5, 5.41) is 3.23. The number of hydrogen-bond donors (Lipinski definition) is 0. The third kappa shape index (κ3) is 2.39. The van der Waals surface area contributed by atoms with E-state index in [-0.39, 0.29) is 0 Å². The highest BCUT2D eigenvalue weighted by Gasteiger charge is 2.13. The molecule has 0 N–H and O–H groups in total. The molecule has 0 spiro atoms. The molecular formula is C14H15N3OS. The predicted octanol–water partition coefficient (Wildman–Crippen LogP) is 3.06. The molecule has 3 heterocycles. The molecule has 0 radical (unpaired) electrons. The Kier molecular flexibility index (Phi) is 3.57. The lowest BCUT2D eigenvalue weighted by Crippen LogP contribution is -2.02. The number of imidazole rings is 1. The third-order valence-corrected chi connectivity index (χ3v) is 3.81. The SMILES string of the molecule is COCCCc1nc2cccnc2n1-c1cccs1. The van der Waals surface area contributed by atoms with Crippen LogP contribution in [-0.4, -0.2) is 28.3 Å². The number of pyridine rings is 1. The number of fused-ring (bicyclic) bond motifs is 1. The van der Waals surface area contributed by atoms with E-state index in [2.05, 4.69) is 21.0 Å². The highest BCUT2D eigenvalue weighted by atomic mass is 32.1. The zero-order valence-corrected chi connectivity index (χ0v) is 11.6. The van der Waals surface area contributed by atoms with Crippen molar-refractivity contribution in [3.05, 3.63) is 41.7 Å². The number of aromatic nitrogens is 3. The summed E-state index contributed by atoms with van der Waals surface area (Å²) in [7, 11) is 1.73. The van der Waals surface area contributed by atoms with Crippen LogP contribution in [0.15, 0.2) is 35.8 Å². The van der Waals surface area contributed by atoms with Gasteiger partial charge in [0.25, 0.3) is 0 Å². The minimum Gasteiger partial charge on any atom is -0.385 e. The topological polar surface area (TPSA) is 39.9 Å². The summed E-state index contributed by atoms with van der Waals surface area (Å²) in [4.78, 5) is 9.15. The first-order valence-electron chi connectivity index (χ1n) is 6.25. The standard InChI is InChI=1S/C14H15N3OS/c1-18-9-3-6-12-16-11-5-2-8-15-14(11)17(12)13-7-4-10-19-13/h2,4-5,7-8,10H,3,6,9H2,1H3. The Morgan fingerprint density at radius 1 is 1.32 bits per heavy atom. The average molecular weight is 273 g/mol. The highest BCUT2D eigenvalue weighted by molar-refractivity contribution is 7.12. The van der Waals surface area contributed by atoms with Crippen LogP contribution in [0.1, 0.15) is 12.2 Å². The summed E-state index contributed by atoms with van der Waals surface area (Å²) in [6.45, 7) is 0.751. The van der Waals surface area contributed by atoms with E-state index in [1.165, 1.54) is 0 Å². The van der Waals surface area contributed by atoms with Gasteiger partial charge in [0.1, 0.15) is 16.3 Å². The van der Waals surface area contributed by atoms with E-state index in [9.17, 15) is 0 Å². The van der Waals surface area contributed by atoms with Gasteiger partial charge in [-0.2, -0.15) is 0 Å². The highest BCUT2D eigenvalue weighted by Crippen LogP contribution is 2.23. The molecule has 0 saturated carbocycles. The molecule has 5 heteroatoms. The molecule has 0 amide bonds. The third-order valence-electron chi connectivity index (χ3n) is 2.96. The lowest BCUT2D eigenvalue weighted by Gasteiger charge is -2.05. The molecule has 0 aliphatic rings. The van der Waals surface area contributed by atoms with E-state index >= 15 is 0 Å². The minimum absolute atomic E-state index is 0.751. The van der Waals surface area contributed by atoms with Gasteiger partial charge in [0.05, 0.1) is 0 Å². The van der Waals surface area contributed by atoms with Crippen molar-refractivity contribution in [3.8, 4) is 5.00 Å². The second-order valence-electron chi connectivity index (χ2n) is 4.26. The number of rotatable bonds is 5. The fraction of sp³-hybridized carbons (Fsp3) is 0.286. The molecule has 0 aliphatic carbocycles. The average Bonchev–Trinajstić information content (AvgIpc) is 3.04. The summed E-state index contributed by atoms with van der Waals surface area (Å²) in [5.74, 6) is 1.05. The van der Waals surface area contributed by atoms with Crippen molar-refractivity contribution >= 4 is 22.5 Å². The van der Waals surface area contributed by atoms with Crippen LogP contribution in [-0.2, 0) is 11.2 Å². The maximum atomic E-state index is 5.12. The summed E-state index contributed by atoms with van der Waals surface area (Å²) >= 11 is 1.70. The first-order chi connectivity index (χ1) is 9.40. The number of hydrogen-bond acceptors (Lipinski definition) is 4. The van der Waals surface area contributed by atoms with Gasteiger partial charge in [0.2, 0.25) is 0 Å². The monoisotopic (exact) mass is 273 g/mol. The molecule has 0 bridgehead atoms. The minimum atomic E-state index is 0.751. The molecule has 0 fully saturated rings. The van der Waals surface area contributed by atoms with E-state index < -0.39 is 0 Å². The summed E-state index contributed by atoms with van der Waals surface area (Å²) in [6.07, 6.45) is 3.67. The van der Waals surface area contributed by atoms with Gasteiger partial charge >= 0.3 is 0 Å². The lowest BCUT2D eigenvalue weighted by molar-refractivity contribution is 0.194. The van der Waals surface area contributed by atoms with Crippen LogP contribution < -0.4 is 0 Å². The van der Waals surface area contributed by atoms with E-state index in [1.807, 2.05) is 24.4 Å². The predicted molar refractivity (Wildman–Crippen MR) is 76.9 cm³/mol. The van der Waals surface area contributed by atoms with Crippen molar-refractivity contribution in [1.29, 1.82) is 0 Å². The molecule has 0 saturated heterocycles. The van der Waals surface area contributed by atoms with Crippen LogP contribution in [0.5, 0.6) is 0 Å². The molecule has 0 aliphatic heterocycles. The van der Waals surface area contributed by atoms with Crippen LogP contribution in [0, 0.1) is 0 Å². The normalized spacial score (nSPS) is 11.2. The van der Waals surface area contributed by atoms with Crippen LogP contribution in [0.3, 0.4) is 0 Å². The molecule has 3 rings (SSSR count). The Morgan fingerprint density at radius 3 is 3.05 bits per heavy atom. The maximum Gasteiger partial charge on any atom is 0.165 e. The smallest absolute Gasteiger partial charge is 0.165 e.